The number of para-hydroxylation sites is 1. The molecule has 0 aliphatic heterocycles. The van der Waals surface area contributed by atoms with Crippen molar-refractivity contribution in [1.82, 2.24) is 0 Å². The molecule has 0 fully saturated rings. The highest BCUT2D eigenvalue weighted by molar-refractivity contribution is 7.87. The summed E-state index contributed by atoms with van der Waals surface area (Å²) in [5, 5.41) is 12.4. The fraction of sp³-hybridized carbons (Fsp3) is 0.143. The summed E-state index contributed by atoms with van der Waals surface area (Å²) in [5.41, 5.74) is 16.0. The van der Waals surface area contributed by atoms with Crippen LogP contribution in [0.1, 0.15) is 20.3 Å². The van der Waals surface area contributed by atoms with E-state index >= 15 is 0 Å². The van der Waals surface area contributed by atoms with E-state index in [4.69, 9.17) is 16.0 Å². The summed E-state index contributed by atoms with van der Waals surface area (Å²) in [4.78, 5) is 24.0. The van der Waals surface area contributed by atoms with Crippen LogP contribution in [0.3, 0.4) is 0 Å². The quantitative estimate of drug-likeness (QED) is 0.0825. The number of hydrazine groups is 1. The first kappa shape index (κ1) is 33.6. The Morgan fingerprint density at radius 2 is 1.52 bits per heavy atom. The minimum atomic E-state index is -4.63. The van der Waals surface area contributed by atoms with E-state index in [1.54, 1.807) is 42.5 Å². The lowest BCUT2D eigenvalue weighted by Crippen LogP contribution is -2.46. The number of phenolic OH excluding ortho intramolecular Hbond substituents is 1. The number of nitrogens with zero attached hydrogens (tertiary/aromatic N) is 1. The van der Waals surface area contributed by atoms with Crippen molar-refractivity contribution >= 4 is 71.3 Å². The molecule has 0 aromatic heterocycles. The molecule has 2 amide bonds. The Hall–Kier alpha value is -4.90. The SMILES string of the molecule is CCC(C(=O)N(Nc1ccccc1)c1cc(N)cc(NC(C)=O)c1)S(=O)(=O)O.Nc1ccc2c(O)cc(S(=O)(=O)O)cc2c1. The maximum absolute atomic E-state index is 13.0. The van der Waals surface area contributed by atoms with Crippen LogP contribution in [0.4, 0.5) is 28.4 Å². The van der Waals surface area contributed by atoms with Gasteiger partial charge in [0.15, 0.2) is 5.25 Å². The lowest BCUT2D eigenvalue weighted by atomic mass is 10.1. The van der Waals surface area contributed by atoms with Crippen molar-refractivity contribution in [3.63, 3.8) is 0 Å². The number of anilines is 5. The van der Waals surface area contributed by atoms with Gasteiger partial charge in [-0.15, -0.1) is 0 Å². The smallest absolute Gasteiger partial charge is 0.294 e. The Morgan fingerprint density at radius 1 is 0.864 bits per heavy atom. The van der Waals surface area contributed by atoms with E-state index in [0.717, 1.165) is 11.1 Å². The predicted octanol–water partition coefficient (Wildman–Crippen LogP) is 3.63. The van der Waals surface area contributed by atoms with Crippen molar-refractivity contribution in [3.8, 4) is 5.75 Å². The van der Waals surface area contributed by atoms with Gasteiger partial charge < -0.3 is 21.9 Å². The molecular weight excluding hydrogens is 614 g/mol. The maximum Gasteiger partial charge on any atom is 0.294 e. The zero-order chi connectivity index (χ0) is 32.8. The van der Waals surface area contributed by atoms with E-state index in [-0.39, 0.29) is 34.3 Å². The number of hydrogen-bond donors (Lipinski definition) is 7. The molecule has 4 aromatic rings. The van der Waals surface area contributed by atoms with E-state index in [9.17, 15) is 36.1 Å². The second kappa shape index (κ2) is 13.6. The van der Waals surface area contributed by atoms with Crippen LogP contribution in [-0.4, -0.2) is 48.1 Å². The van der Waals surface area contributed by atoms with Gasteiger partial charge in [0.2, 0.25) is 5.91 Å². The van der Waals surface area contributed by atoms with Crippen LogP contribution >= 0.6 is 0 Å². The van der Waals surface area contributed by atoms with Gasteiger partial charge in [-0.25, -0.2) is 5.01 Å². The number of phenols is 1. The summed E-state index contributed by atoms with van der Waals surface area (Å²) < 4.78 is 63.5. The molecule has 16 heteroatoms. The number of benzene rings is 4. The zero-order valence-corrected chi connectivity index (χ0v) is 25.1. The second-order valence-corrected chi connectivity index (χ2v) is 12.5. The lowest BCUT2D eigenvalue weighted by Gasteiger charge is -2.27. The van der Waals surface area contributed by atoms with E-state index in [1.807, 2.05) is 0 Å². The molecule has 14 nitrogen and oxygen atoms in total. The number of nitrogens with two attached hydrogens (primary N) is 2. The topological polar surface area (TPSA) is 242 Å². The Morgan fingerprint density at radius 3 is 2.09 bits per heavy atom. The summed E-state index contributed by atoms with van der Waals surface area (Å²) in [5.74, 6) is -1.45. The molecule has 4 aromatic carbocycles. The third kappa shape index (κ3) is 8.81. The van der Waals surface area contributed by atoms with E-state index < -0.39 is 31.4 Å². The van der Waals surface area contributed by atoms with Crippen molar-refractivity contribution in [2.45, 2.75) is 30.4 Å². The third-order valence-corrected chi connectivity index (χ3v) is 8.07. The number of carbonyl (C=O) groups is 2. The number of carbonyl (C=O) groups excluding carboxylic acids is 2. The fourth-order valence-electron chi connectivity index (χ4n) is 4.07. The number of nitrogens with one attached hydrogen (secondary N) is 2. The van der Waals surface area contributed by atoms with Gasteiger partial charge >= 0.3 is 0 Å². The van der Waals surface area contributed by atoms with Gasteiger partial charge in [0, 0.05) is 35.4 Å². The Kier molecular flexibility index (Phi) is 10.4. The van der Waals surface area contributed by atoms with Gasteiger partial charge in [-0.1, -0.05) is 25.1 Å². The Bertz CT molecular complexity index is 1900. The van der Waals surface area contributed by atoms with Gasteiger partial charge in [0.1, 0.15) is 5.75 Å². The van der Waals surface area contributed by atoms with Crippen molar-refractivity contribution in [3.05, 3.63) is 78.9 Å². The highest BCUT2D eigenvalue weighted by Crippen LogP contribution is 2.30. The monoisotopic (exact) mass is 645 g/mol. The maximum atomic E-state index is 13.0. The molecule has 0 saturated carbocycles. The lowest BCUT2D eigenvalue weighted by molar-refractivity contribution is -0.118. The zero-order valence-electron chi connectivity index (χ0n) is 23.5. The largest absolute Gasteiger partial charge is 0.507 e. The number of amides is 2. The van der Waals surface area contributed by atoms with Crippen LogP contribution in [0.2, 0.25) is 0 Å². The molecule has 0 aliphatic rings. The molecule has 234 valence electrons. The molecule has 0 radical (unpaired) electrons. The Labute approximate surface area is 253 Å². The predicted molar refractivity (Wildman–Crippen MR) is 168 cm³/mol. The molecule has 0 aliphatic carbocycles. The fourth-order valence-corrected chi connectivity index (χ4v) is 5.39. The molecule has 0 heterocycles. The first-order valence-corrected chi connectivity index (χ1v) is 15.7. The number of hydrogen-bond acceptors (Lipinski definition) is 10. The minimum Gasteiger partial charge on any atom is -0.507 e. The molecule has 1 atom stereocenters. The summed E-state index contributed by atoms with van der Waals surface area (Å²) >= 11 is 0. The van der Waals surface area contributed by atoms with E-state index in [2.05, 4.69) is 10.7 Å². The molecular formula is C28H31N5O9S2. The highest BCUT2D eigenvalue weighted by Gasteiger charge is 2.34. The van der Waals surface area contributed by atoms with E-state index in [1.165, 1.54) is 44.2 Å². The summed E-state index contributed by atoms with van der Waals surface area (Å²) in [6.07, 6.45) is -0.133. The number of rotatable bonds is 8. The average Bonchev–Trinajstić information content (AvgIpc) is 2.90. The van der Waals surface area contributed by atoms with Gasteiger partial charge in [-0.3, -0.25) is 24.1 Å². The second-order valence-electron chi connectivity index (χ2n) is 9.46. The summed E-state index contributed by atoms with van der Waals surface area (Å²) in [6, 6.07) is 19.9. The average molecular weight is 646 g/mol. The normalized spacial score (nSPS) is 12.0. The van der Waals surface area contributed by atoms with Crippen LogP contribution in [0, 0.1) is 0 Å². The molecule has 0 bridgehead atoms. The highest BCUT2D eigenvalue weighted by atomic mass is 32.2. The number of nitrogen functional groups attached to an aromatic ring is 2. The molecule has 0 saturated heterocycles. The van der Waals surface area contributed by atoms with Gasteiger partial charge in [-0.05, 0) is 66.4 Å². The summed E-state index contributed by atoms with van der Waals surface area (Å²) in [6.45, 7) is 2.79. The van der Waals surface area contributed by atoms with Gasteiger partial charge in [-0.2, -0.15) is 16.8 Å². The minimum absolute atomic E-state index is 0.133. The molecule has 1 unspecified atom stereocenters. The summed E-state index contributed by atoms with van der Waals surface area (Å²) in [7, 11) is -8.96. The standard InChI is InChI=1S/C18H22N4O5S.C10H9NO4S/c1-3-17(28(25,26)27)18(24)22(21-14-7-5-4-6-8-14)16-10-13(19)9-15(11-16)20-12(2)23;11-7-1-2-9-6(3-7)4-8(5-10(9)12)16(13,14)15/h4-11,17,21H,3,19H2,1-2H3,(H,20,23)(H,25,26,27);1-5,12H,11H2,(H,13,14,15). The van der Waals surface area contributed by atoms with Crippen molar-refractivity contribution < 1.29 is 40.6 Å². The van der Waals surface area contributed by atoms with Crippen molar-refractivity contribution in [2.75, 3.05) is 27.2 Å². The van der Waals surface area contributed by atoms with Crippen molar-refractivity contribution in [2.24, 2.45) is 0 Å². The number of aromatic hydroxyl groups is 1. The van der Waals surface area contributed by atoms with Gasteiger partial charge in [0.25, 0.3) is 26.1 Å². The molecule has 4 rings (SSSR count). The van der Waals surface area contributed by atoms with Gasteiger partial charge in [0.05, 0.1) is 16.3 Å². The van der Waals surface area contributed by atoms with Crippen LogP contribution in [-0.2, 0) is 29.8 Å². The van der Waals surface area contributed by atoms with Crippen LogP contribution < -0.4 is 27.2 Å². The molecule has 0 spiro atoms. The third-order valence-electron chi connectivity index (χ3n) is 5.99. The van der Waals surface area contributed by atoms with Crippen LogP contribution in [0.15, 0.2) is 83.8 Å². The van der Waals surface area contributed by atoms with E-state index in [0.29, 0.717) is 27.8 Å². The molecule has 44 heavy (non-hydrogen) atoms. The van der Waals surface area contributed by atoms with Crippen LogP contribution in [0.5, 0.6) is 5.75 Å². The Balaban J connectivity index is 0.000000278. The first-order valence-electron chi connectivity index (χ1n) is 12.8. The first-order chi connectivity index (χ1) is 20.5. The number of fused-ring (bicyclic) bond motifs is 1. The van der Waals surface area contributed by atoms with Crippen molar-refractivity contribution in [1.29, 1.82) is 0 Å². The molecule has 9 N–H and O–H groups in total. The van der Waals surface area contributed by atoms with Crippen LogP contribution in [0.25, 0.3) is 10.8 Å².